The molecule has 0 spiro atoms. The highest BCUT2D eigenvalue weighted by molar-refractivity contribution is 9.10. The van der Waals surface area contributed by atoms with Crippen molar-refractivity contribution in [2.75, 3.05) is 0 Å². The van der Waals surface area contributed by atoms with Gasteiger partial charge < -0.3 is 5.11 Å². The number of hydrogen-bond donors (Lipinski definition) is 1. The molecule has 0 saturated heterocycles. The fourth-order valence-corrected chi connectivity index (χ4v) is 2.10. The van der Waals surface area contributed by atoms with E-state index >= 15 is 0 Å². The van der Waals surface area contributed by atoms with E-state index in [4.69, 9.17) is 0 Å². The Balaban J connectivity index is 2.13. The van der Waals surface area contributed by atoms with Gasteiger partial charge >= 0.3 is 0 Å². The fourth-order valence-electron chi connectivity index (χ4n) is 1.84. The van der Waals surface area contributed by atoms with Gasteiger partial charge in [0.2, 0.25) is 0 Å². The van der Waals surface area contributed by atoms with Crippen molar-refractivity contribution < 1.29 is 9.50 Å². The summed E-state index contributed by atoms with van der Waals surface area (Å²) in [6.45, 7) is 1.70. The number of benzene rings is 2. The maximum absolute atomic E-state index is 13.1. The van der Waals surface area contributed by atoms with Crippen molar-refractivity contribution >= 4 is 15.9 Å². The van der Waals surface area contributed by atoms with Crippen LogP contribution in [0.15, 0.2) is 46.9 Å². The minimum absolute atomic E-state index is 0.241. The van der Waals surface area contributed by atoms with Crippen LogP contribution >= 0.6 is 15.9 Å². The van der Waals surface area contributed by atoms with Crippen molar-refractivity contribution in [1.82, 2.24) is 0 Å². The summed E-state index contributed by atoms with van der Waals surface area (Å²) in [6, 6.07) is 12.5. The third-order valence-corrected chi connectivity index (χ3v) is 3.44. The zero-order valence-electron chi connectivity index (χ0n) is 10.0. The number of aliphatic hydroxyl groups excluding tert-OH is 1. The summed E-state index contributed by atoms with van der Waals surface area (Å²) in [7, 11) is 0. The van der Waals surface area contributed by atoms with Gasteiger partial charge in [0, 0.05) is 10.9 Å². The number of halogens is 2. The third kappa shape index (κ3) is 3.18. The Bertz CT molecular complexity index is 537. The highest BCUT2D eigenvalue weighted by Crippen LogP contribution is 2.21. The molecule has 2 aromatic carbocycles. The van der Waals surface area contributed by atoms with Crippen LogP contribution < -0.4 is 0 Å². The van der Waals surface area contributed by atoms with Gasteiger partial charge in [-0.15, -0.1) is 0 Å². The lowest BCUT2D eigenvalue weighted by atomic mass is 10.00. The Morgan fingerprint density at radius 1 is 1.17 bits per heavy atom. The molecule has 1 unspecified atom stereocenters. The summed E-state index contributed by atoms with van der Waals surface area (Å²) < 4.78 is 14.2. The first-order valence-corrected chi connectivity index (χ1v) is 6.54. The van der Waals surface area contributed by atoms with Gasteiger partial charge in [-0.25, -0.2) is 4.39 Å². The zero-order valence-corrected chi connectivity index (χ0v) is 11.6. The van der Waals surface area contributed by atoms with Crippen LogP contribution in [-0.2, 0) is 6.42 Å². The SMILES string of the molecule is Cc1cc(C(O)Cc2ccc(Br)cc2)ccc1F. The van der Waals surface area contributed by atoms with Gasteiger partial charge in [0.15, 0.2) is 0 Å². The van der Waals surface area contributed by atoms with Crippen LogP contribution in [0.3, 0.4) is 0 Å². The molecule has 0 amide bonds. The first-order valence-electron chi connectivity index (χ1n) is 5.75. The molecule has 0 radical (unpaired) electrons. The Kier molecular flexibility index (Phi) is 4.15. The summed E-state index contributed by atoms with van der Waals surface area (Å²) in [4.78, 5) is 0. The zero-order chi connectivity index (χ0) is 13.1. The molecule has 18 heavy (non-hydrogen) atoms. The number of aliphatic hydroxyl groups is 1. The topological polar surface area (TPSA) is 20.2 Å². The van der Waals surface area contributed by atoms with E-state index in [0.29, 0.717) is 12.0 Å². The summed E-state index contributed by atoms with van der Waals surface area (Å²) in [6.07, 6.45) is -0.0799. The van der Waals surface area contributed by atoms with E-state index in [9.17, 15) is 9.50 Å². The molecule has 0 bridgehead atoms. The van der Waals surface area contributed by atoms with Gasteiger partial charge in [0.1, 0.15) is 5.82 Å². The van der Waals surface area contributed by atoms with Crippen molar-refractivity contribution in [1.29, 1.82) is 0 Å². The molecule has 2 aromatic rings. The molecule has 0 aromatic heterocycles. The second-order valence-electron chi connectivity index (χ2n) is 4.36. The quantitative estimate of drug-likeness (QED) is 0.902. The first kappa shape index (κ1) is 13.2. The van der Waals surface area contributed by atoms with E-state index < -0.39 is 6.10 Å². The van der Waals surface area contributed by atoms with Gasteiger partial charge in [0.05, 0.1) is 6.10 Å². The molecule has 0 aliphatic heterocycles. The lowest BCUT2D eigenvalue weighted by molar-refractivity contribution is 0.178. The molecule has 1 nitrogen and oxygen atoms in total. The van der Waals surface area contributed by atoms with Crippen molar-refractivity contribution in [3.8, 4) is 0 Å². The van der Waals surface area contributed by atoms with Crippen molar-refractivity contribution in [2.45, 2.75) is 19.4 Å². The van der Waals surface area contributed by atoms with Gasteiger partial charge in [0.25, 0.3) is 0 Å². The Labute approximate surface area is 114 Å². The normalized spacial score (nSPS) is 12.4. The van der Waals surface area contributed by atoms with Crippen LogP contribution in [0.25, 0.3) is 0 Å². The van der Waals surface area contributed by atoms with Gasteiger partial charge in [-0.3, -0.25) is 0 Å². The highest BCUT2D eigenvalue weighted by atomic mass is 79.9. The fraction of sp³-hybridized carbons (Fsp3) is 0.200. The average molecular weight is 309 g/mol. The molecule has 0 heterocycles. The minimum atomic E-state index is -0.606. The molecule has 0 saturated carbocycles. The van der Waals surface area contributed by atoms with Gasteiger partial charge in [-0.1, -0.05) is 40.2 Å². The molecule has 1 N–H and O–H groups in total. The van der Waals surface area contributed by atoms with Crippen LogP contribution in [0.4, 0.5) is 4.39 Å². The minimum Gasteiger partial charge on any atom is -0.388 e. The number of hydrogen-bond acceptors (Lipinski definition) is 1. The summed E-state index contributed by atoms with van der Waals surface area (Å²) in [5.74, 6) is -0.241. The predicted molar refractivity (Wildman–Crippen MR) is 73.9 cm³/mol. The number of rotatable bonds is 3. The smallest absolute Gasteiger partial charge is 0.126 e. The van der Waals surface area contributed by atoms with E-state index in [0.717, 1.165) is 15.6 Å². The average Bonchev–Trinajstić information content (AvgIpc) is 2.35. The predicted octanol–water partition coefficient (Wildman–Crippen LogP) is 4.17. The van der Waals surface area contributed by atoms with Crippen LogP contribution in [0.1, 0.15) is 22.8 Å². The van der Waals surface area contributed by atoms with Gasteiger partial charge in [-0.05, 0) is 41.8 Å². The molecular weight excluding hydrogens is 295 g/mol. The second-order valence-corrected chi connectivity index (χ2v) is 5.27. The monoisotopic (exact) mass is 308 g/mol. The maximum atomic E-state index is 13.1. The lowest BCUT2D eigenvalue weighted by Crippen LogP contribution is -2.02. The van der Waals surface area contributed by atoms with E-state index in [1.54, 1.807) is 19.1 Å². The third-order valence-electron chi connectivity index (χ3n) is 2.91. The van der Waals surface area contributed by atoms with Crippen molar-refractivity contribution in [3.63, 3.8) is 0 Å². The first-order chi connectivity index (χ1) is 8.56. The lowest BCUT2D eigenvalue weighted by Gasteiger charge is -2.12. The Hall–Kier alpha value is -1.19. The number of aryl methyl sites for hydroxylation is 1. The molecular formula is C15H14BrFO. The summed E-state index contributed by atoms with van der Waals surface area (Å²) in [5.41, 5.74) is 2.35. The van der Waals surface area contributed by atoms with Crippen LogP contribution in [-0.4, -0.2) is 5.11 Å². The molecule has 2 rings (SSSR count). The van der Waals surface area contributed by atoms with E-state index in [-0.39, 0.29) is 5.82 Å². The maximum Gasteiger partial charge on any atom is 0.126 e. The Morgan fingerprint density at radius 2 is 1.83 bits per heavy atom. The Morgan fingerprint density at radius 3 is 2.44 bits per heavy atom. The van der Waals surface area contributed by atoms with E-state index in [2.05, 4.69) is 15.9 Å². The molecule has 0 aliphatic carbocycles. The van der Waals surface area contributed by atoms with E-state index in [1.165, 1.54) is 6.07 Å². The molecule has 3 heteroatoms. The van der Waals surface area contributed by atoms with Crippen molar-refractivity contribution in [2.24, 2.45) is 0 Å². The van der Waals surface area contributed by atoms with Crippen molar-refractivity contribution in [3.05, 3.63) is 69.4 Å². The molecule has 1 atom stereocenters. The molecule has 94 valence electrons. The largest absolute Gasteiger partial charge is 0.388 e. The summed E-state index contributed by atoms with van der Waals surface area (Å²) >= 11 is 3.37. The molecule has 0 aliphatic rings. The van der Waals surface area contributed by atoms with Crippen LogP contribution in [0.5, 0.6) is 0 Å². The van der Waals surface area contributed by atoms with E-state index in [1.807, 2.05) is 24.3 Å². The van der Waals surface area contributed by atoms with Gasteiger partial charge in [-0.2, -0.15) is 0 Å². The van der Waals surface area contributed by atoms with Crippen LogP contribution in [0, 0.1) is 12.7 Å². The highest BCUT2D eigenvalue weighted by Gasteiger charge is 2.10. The summed E-state index contributed by atoms with van der Waals surface area (Å²) in [5, 5.41) is 10.1. The second kappa shape index (κ2) is 5.63. The molecule has 0 fully saturated rings. The van der Waals surface area contributed by atoms with Crippen LogP contribution in [0.2, 0.25) is 0 Å². The standard InChI is InChI=1S/C15H14BrFO/c1-10-8-12(4-7-14(10)17)15(18)9-11-2-5-13(16)6-3-11/h2-8,15,18H,9H2,1H3.